The van der Waals surface area contributed by atoms with Crippen LogP contribution in [0, 0.1) is 6.92 Å². The molecule has 0 bridgehead atoms. The second-order valence-electron chi connectivity index (χ2n) is 8.77. The number of hydrogen-bond acceptors (Lipinski definition) is 4. The Balaban J connectivity index is 1.54. The number of nitrogens with one attached hydrogen (secondary N) is 1. The van der Waals surface area contributed by atoms with Crippen LogP contribution in [0.25, 0.3) is 11.1 Å². The third-order valence-electron chi connectivity index (χ3n) is 6.63. The van der Waals surface area contributed by atoms with Gasteiger partial charge in [0.2, 0.25) is 0 Å². The molecule has 1 fully saturated rings. The standard InChI is InChI=1S/C28H28N2O2/c1-18-3-5-22(6-4-18)26-17-23-15-24(28(31)32-2)16-25(27(23)30-26)21-9-7-19(8-10-21)20-11-13-29-14-12-20/h3-10,15-16,20,29H,11-14,17H2,1-2H3. The summed E-state index contributed by atoms with van der Waals surface area (Å²) in [6.45, 7) is 4.25. The summed E-state index contributed by atoms with van der Waals surface area (Å²) in [7, 11) is 1.43. The molecule has 5 rings (SSSR count). The number of nitrogens with zero attached hydrogens (tertiary/aromatic N) is 1. The van der Waals surface area contributed by atoms with Gasteiger partial charge in [-0.05, 0) is 73.2 Å². The minimum atomic E-state index is -0.316. The van der Waals surface area contributed by atoms with Gasteiger partial charge in [0.25, 0.3) is 0 Å². The summed E-state index contributed by atoms with van der Waals surface area (Å²) in [5.41, 5.74) is 9.45. The van der Waals surface area contributed by atoms with E-state index < -0.39 is 0 Å². The number of methoxy groups -OCH3 is 1. The summed E-state index contributed by atoms with van der Waals surface area (Å²) in [5.74, 6) is 0.299. The summed E-state index contributed by atoms with van der Waals surface area (Å²) in [6, 6.07) is 21.1. The number of aliphatic imine (C=N–C) groups is 1. The van der Waals surface area contributed by atoms with E-state index in [-0.39, 0.29) is 5.97 Å². The minimum Gasteiger partial charge on any atom is -0.465 e. The van der Waals surface area contributed by atoms with Crippen LogP contribution in [0.5, 0.6) is 0 Å². The Morgan fingerprint density at radius 3 is 2.34 bits per heavy atom. The molecule has 0 saturated carbocycles. The van der Waals surface area contributed by atoms with E-state index in [0.29, 0.717) is 17.9 Å². The Morgan fingerprint density at radius 2 is 1.66 bits per heavy atom. The predicted molar refractivity (Wildman–Crippen MR) is 129 cm³/mol. The number of carbonyl (C=O) groups is 1. The fourth-order valence-corrected chi connectivity index (χ4v) is 4.77. The number of piperidine rings is 1. The SMILES string of the molecule is COC(=O)c1cc2c(c(-c3ccc(C4CCNCC4)cc3)c1)N=C(c1ccc(C)cc1)C2. The van der Waals surface area contributed by atoms with Gasteiger partial charge in [0.05, 0.1) is 24.1 Å². The zero-order valence-corrected chi connectivity index (χ0v) is 18.7. The number of rotatable bonds is 4. The maximum atomic E-state index is 12.4. The van der Waals surface area contributed by atoms with E-state index >= 15 is 0 Å². The molecule has 4 heteroatoms. The number of ether oxygens (including phenoxy) is 1. The Bertz CT molecular complexity index is 1170. The van der Waals surface area contributed by atoms with Crippen molar-refractivity contribution in [1.82, 2.24) is 5.32 Å². The van der Waals surface area contributed by atoms with E-state index in [1.54, 1.807) is 0 Å². The first-order valence-corrected chi connectivity index (χ1v) is 11.3. The van der Waals surface area contributed by atoms with Crippen LogP contribution in [-0.4, -0.2) is 31.9 Å². The lowest BCUT2D eigenvalue weighted by Crippen LogP contribution is -2.26. The molecule has 0 aromatic heterocycles. The summed E-state index contributed by atoms with van der Waals surface area (Å²) >= 11 is 0. The fourth-order valence-electron chi connectivity index (χ4n) is 4.77. The van der Waals surface area contributed by atoms with Crippen LogP contribution in [0.2, 0.25) is 0 Å². The molecule has 2 aliphatic heterocycles. The molecule has 0 unspecified atom stereocenters. The van der Waals surface area contributed by atoms with Crippen molar-refractivity contribution in [3.63, 3.8) is 0 Å². The number of fused-ring (bicyclic) bond motifs is 1. The Morgan fingerprint density at radius 1 is 0.969 bits per heavy atom. The molecule has 3 aromatic rings. The molecular formula is C28H28N2O2. The fraction of sp³-hybridized carbons (Fsp3) is 0.286. The molecule has 0 spiro atoms. The van der Waals surface area contributed by atoms with Crippen molar-refractivity contribution in [2.45, 2.75) is 32.1 Å². The van der Waals surface area contributed by atoms with Gasteiger partial charge in [-0.15, -0.1) is 0 Å². The van der Waals surface area contributed by atoms with Crippen LogP contribution >= 0.6 is 0 Å². The Labute approximate surface area is 189 Å². The van der Waals surface area contributed by atoms with Gasteiger partial charge in [-0.3, -0.25) is 4.99 Å². The first kappa shape index (κ1) is 20.7. The largest absolute Gasteiger partial charge is 0.465 e. The van der Waals surface area contributed by atoms with Crippen LogP contribution < -0.4 is 5.32 Å². The molecule has 4 nitrogen and oxygen atoms in total. The first-order chi connectivity index (χ1) is 15.6. The van der Waals surface area contributed by atoms with Crippen molar-refractivity contribution in [2.24, 2.45) is 4.99 Å². The van der Waals surface area contributed by atoms with Crippen molar-refractivity contribution >= 4 is 17.4 Å². The molecule has 162 valence electrons. The molecule has 0 aliphatic carbocycles. The minimum absolute atomic E-state index is 0.316. The molecule has 3 aromatic carbocycles. The quantitative estimate of drug-likeness (QED) is 0.555. The monoisotopic (exact) mass is 424 g/mol. The topological polar surface area (TPSA) is 50.7 Å². The highest BCUT2D eigenvalue weighted by atomic mass is 16.5. The van der Waals surface area contributed by atoms with E-state index in [1.807, 2.05) is 12.1 Å². The second-order valence-corrected chi connectivity index (χ2v) is 8.77. The molecule has 32 heavy (non-hydrogen) atoms. The maximum absolute atomic E-state index is 12.4. The van der Waals surface area contributed by atoms with Crippen LogP contribution in [0.15, 0.2) is 65.7 Å². The van der Waals surface area contributed by atoms with E-state index in [1.165, 1.54) is 31.1 Å². The second kappa shape index (κ2) is 8.71. The smallest absolute Gasteiger partial charge is 0.337 e. The lowest BCUT2D eigenvalue weighted by Gasteiger charge is -2.23. The highest BCUT2D eigenvalue weighted by Gasteiger charge is 2.23. The highest BCUT2D eigenvalue weighted by Crippen LogP contribution is 2.40. The molecular weight excluding hydrogens is 396 g/mol. The van der Waals surface area contributed by atoms with E-state index in [4.69, 9.17) is 9.73 Å². The lowest BCUT2D eigenvalue weighted by atomic mass is 9.88. The third kappa shape index (κ3) is 3.98. The number of hydrogen-bond donors (Lipinski definition) is 1. The van der Waals surface area contributed by atoms with Gasteiger partial charge in [0.1, 0.15) is 0 Å². The number of esters is 1. The van der Waals surface area contributed by atoms with Crippen molar-refractivity contribution in [2.75, 3.05) is 20.2 Å². The predicted octanol–water partition coefficient (Wildman–Crippen LogP) is 5.59. The molecule has 1 saturated heterocycles. The van der Waals surface area contributed by atoms with E-state index in [2.05, 4.69) is 60.8 Å². The molecule has 0 radical (unpaired) electrons. The van der Waals surface area contributed by atoms with Crippen LogP contribution in [0.3, 0.4) is 0 Å². The van der Waals surface area contributed by atoms with Crippen LogP contribution in [0.4, 0.5) is 5.69 Å². The van der Waals surface area contributed by atoms with Gasteiger partial charge in [-0.25, -0.2) is 4.79 Å². The van der Waals surface area contributed by atoms with Crippen molar-refractivity contribution in [3.05, 3.63) is 88.5 Å². The van der Waals surface area contributed by atoms with Gasteiger partial charge in [-0.2, -0.15) is 0 Å². The summed E-state index contributed by atoms with van der Waals surface area (Å²) < 4.78 is 5.03. The molecule has 2 aliphatic rings. The van der Waals surface area contributed by atoms with E-state index in [0.717, 1.165) is 46.7 Å². The first-order valence-electron chi connectivity index (χ1n) is 11.3. The number of benzene rings is 3. The summed E-state index contributed by atoms with van der Waals surface area (Å²) in [4.78, 5) is 17.4. The molecule has 0 atom stereocenters. The molecule has 0 amide bonds. The van der Waals surface area contributed by atoms with Gasteiger partial charge < -0.3 is 10.1 Å². The van der Waals surface area contributed by atoms with E-state index in [9.17, 15) is 4.79 Å². The molecule has 1 N–H and O–H groups in total. The number of aryl methyl sites for hydroxylation is 1. The van der Waals surface area contributed by atoms with Gasteiger partial charge in [0, 0.05) is 12.0 Å². The zero-order chi connectivity index (χ0) is 22.1. The van der Waals surface area contributed by atoms with Gasteiger partial charge in [-0.1, -0.05) is 54.1 Å². The van der Waals surface area contributed by atoms with Crippen LogP contribution in [-0.2, 0) is 11.2 Å². The van der Waals surface area contributed by atoms with Crippen LogP contribution in [0.1, 0.15) is 51.4 Å². The highest BCUT2D eigenvalue weighted by molar-refractivity contribution is 6.09. The normalized spacial score (nSPS) is 15.9. The summed E-state index contributed by atoms with van der Waals surface area (Å²) in [5, 5.41) is 3.43. The van der Waals surface area contributed by atoms with Crippen molar-refractivity contribution in [3.8, 4) is 11.1 Å². The molecule has 2 heterocycles. The Kier molecular flexibility index (Phi) is 5.62. The Hall–Kier alpha value is -3.24. The van der Waals surface area contributed by atoms with Crippen molar-refractivity contribution in [1.29, 1.82) is 0 Å². The van der Waals surface area contributed by atoms with Gasteiger partial charge >= 0.3 is 5.97 Å². The average molecular weight is 425 g/mol. The number of carbonyl (C=O) groups excluding carboxylic acids is 1. The lowest BCUT2D eigenvalue weighted by molar-refractivity contribution is 0.0600. The maximum Gasteiger partial charge on any atom is 0.337 e. The zero-order valence-electron chi connectivity index (χ0n) is 18.7. The average Bonchev–Trinajstić information content (AvgIpc) is 3.28. The van der Waals surface area contributed by atoms with Crippen molar-refractivity contribution < 1.29 is 9.53 Å². The third-order valence-corrected chi connectivity index (χ3v) is 6.63. The van der Waals surface area contributed by atoms with Gasteiger partial charge in [0.15, 0.2) is 0 Å². The summed E-state index contributed by atoms with van der Waals surface area (Å²) in [6.07, 6.45) is 3.07.